The molecule has 24 heavy (non-hydrogen) atoms. The van der Waals surface area contributed by atoms with E-state index in [1.807, 2.05) is 13.0 Å². The molecule has 0 radical (unpaired) electrons. The van der Waals surface area contributed by atoms with Crippen LogP contribution < -0.4 is 0 Å². The van der Waals surface area contributed by atoms with Gasteiger partial charge in [-0.3, -0.25) is 4.79 Å². The lowest BCUT2D eigenvalue weighted by atomic mass is 9.55. The molecule has 0 bridgehead atoms. The summed E-state index contributed by atoms with van der Waals surface area (Å²) in [6.45, 7) is 5.82. The van der Waals surface area contributed by atoms with Gasteiger partial charge in [-0.15, -0.1) is 6.58 Å². The molecule has 1 N–H and O–H groups in total. The summed E-state index contributed by atoms with van der Waals surface area (Å²) in [6.07, 6.45) is 7.66. The summed E-state index contributed by atoms with van der Waals surface area (Å²) >= 11 is 0. The van der Waals surface area contributed by atoms with E-state index in [0.29, 0.717) is 17.6 Å². The molecule has 0 unspecified atom stereocenters. The summed E-state index contributed by atoms with van der Waals surface area (Å²) in [4.78, 5) is 12.7. The fraction of sp³-hybridized carbons (Fsp3) is 0.381. The van der Waals surface area contributed by atoms with Crippen LogP contribution in [0.1, 0.15) is 38.2 Å². The predicted octanol–water partition coefficient (Wildman–Crippen LogP) is 4.46. The number of ketones is 1. The van der Waals surface area contributed by atoms with E-state index in [-0.39, 0.29) is 17.5 Å². The third kappa shape index (κ3) is 2.57. The molecule has 3 heteroatoms. The normalized spacial score (nSPS) is 31.5. The highest BCUT2D eigenvalue weighted by atomic mass is 19.1. The van der Waals surface area contributed by atoms with E-state index in [1.54, 1.807) is 30.4 Å². The average molecular weight is 326 g/mol. The van der Waals surface area contributed by atoms with Crippen molar-refractivity contribution in [2.45, 2.75) is 38.7 Å². The highest BCUT2D eigenvalue weighted by molar-refractivity contribution is 6.09. The maximum absolute atomic E-state index is 14.0. The zero-order valence-electron chi connectivity index (χ0n) is 14.0. The van der Waals surface area contributed by atoms with Gasteiger partial charge in [0.05, 0.1) is 6.10 Å². The largest absolute Gasteiger partial charge is 0.392 e. The van der Waals surface area contributed by atoms with Gasteiger partial charge in [0.2, 0.25) is 0 Å². The van der Waals surface area contributed by atoms with E-state index >= 15 is 0 Å². The number of aliphatic hydroxyl groups is 1. The van der Waals surface area contributed by atoms with Gasteiger partial charge in [0.1, 0.15) is 5.82 Å². The van der Waals surface area contributed by atoms with Crippen LogP contribution in [0.15, 0.2) is 54.1 Å². The molecule has 2 aliphatic rings. The van der Waals surface area contributed by atoms with Crippen LogP contribution in [0.2, 0.25) is 0 Å². The zero-order chi connectivity index (χ0) is 17.3. The predicted molar refractivity (Wildman–Crippen MR) is 93.7 cm³/mol. The first-order chi connectivity index (χ1) is 11.5. The Bertz CT molecular complexity index is 731. The number of aliphatic hydroxyl groups excluding tert-OH is 1. The lowest BCUT2D eigenvalue weighted by Crippen LogP contribution is -2.48. The van der Waals surface area contributed by atoms with Gasteiger partial charge in [-0.1, -0.05) is 36.8 Å². The van der Waals surface area contributed by atoms with Gasteiger partial charge < -0.3 is 5.11 Å². The summed E-state index contributed by atoms with van der Waals surface area (Å²) in [5, 5.41) is 10.8. The summed E-state index contributed by atoms with van der Waals surface area (Å²) in [6, 6.07) is 6.44. The first-order valence-electron chi connectivity index (χ1n) is 8.51. The molecular weight excluding hydrogens is 303 g/mol. The minimum Gasteiger partial charge on any atom is -0.392 e. The summed E-state index contributed by atoms with van der Waals surface area (Å²) in [5.41, 5.74) is 1.49. The molecule has 0 saturated heterocycles. The highest BCUT2D eigenvalue weighted by Crippen LogP contribution is 2.54. The topological polar surface area (TPSA) is 37.3 Å². The van der Waals surface area contributed by atoms with Gasteiger partial charge in [0.25, 0.3) is 0 Å². The molecule has 3 atom stereocenters. The van der Waals surface area contributed by atoms with Crippen LogP contribution in [0.25, 0.3) is 6.08 Å². The van der Waals surface area contributed by atoms with Gasteiger partial charge in [-0.05, 0) is 49.8 Å². The number of carbonyl (C=O) groups is 1. The zero-order valence-corrected chi connectivity index (χ0v) is 14.0. The molecule has 1 saturated carbocycles. The van der Waals surface area contributed by atoms with Gasteiger partial charge in [0, 0.05) is 16.6 Å². The Morgan fingerprint density at radius 1 is 1.42 bits per heavy atom. The van der Waals surface area contributed by atoms with E-state index in [0.717, 1.165) is 24.8 Å². The van der Waals surface area contributed by atoms with E-state index in [9.17, 15) is 14.3 Å². The third-order valence-corrected chi connectivity index (χ3v) is 5.64. The van der Waals surface area contributed by atoms with Crippen molar-refractivity contribution >= 4 is 11.9 Å². The number of hydrogen-bond donors (Lipinski definition) is 1. The molecule has 1 aromatic carbocycles. The molecule has 126 valence electrons. The van der Waals surface area contributed by atoms with Crippen LogP contribution in [0, 0.1) is 17.2 Å². The van der Waals surface area contributed by atoms with Gasteiger partial charge in [-0.25, -0.2) is 4.39 Å². The van der Waals surface area contributed by atoms with Crippen LogP contribution in [0.5, 0.6) is 0 Å². The Hall–Kier alpha value is -2.00. The van der Waals surface area contributed by atoms with Crippen molar-refractivity contribution in [2.24, 2.45) is 11.3 Å². The van der Waals surface area contributed by atoms with E-state index < -0.39 is 11.5 Å². The lowest BCUT2D eigenvalue weighted by Gasteiger charge is -2.50. The SMILES string of the molecule is C=CC[C@@]12C(=CC(=O)/C(=C/c3ccccc3F)[C@@H]1C)CCC[C@@H]2O. The van der Waals surface area contributed by atoms with Crippen molar-refractivity contribution < 1.29 is 14.3 Å². The molecule has 0 spiro atoms. The van der Waals surface area contributed by atoms with Crippen molar-refractivity contribution in [3.05, 3.63) is 65.5 Å². The molecule has 3 rings (SSSR count). The first-order valence-corrected chi connectivity index (χ1v) is 8.51. The number of hydrogen-bond acceptors (Lipinski definition) is 2. The average Bonchev–Trinajstić information content (AvgIpc) is 2.55. The second-order valence-corrected chi connectivity index (χ2v) is 6.82. The van der Waals surface area contributed by atoms with Crippen molar-refractivity contribution in [1.29, 1.82) is 0 Å². The lowest BCUT2D eigenvalue weighted by molar-refractivity contribution is -0.113. The molecule has 1 fully saturated rings. The van der Waals surface area contributed by atoms with Crippen molar-refractivity contribution in [1.82, 2.24) is 0 Å². The second kappa shape index (κ2) is 6.48. The second-order valence-electron chi connectivity index (χ2n) is 6.82. The third-order valence-electron chi connectivity index (χ3n) is 5.64. The monoisotopic (exact) mass is 326 g/mol. The van der Waals surface area contributed by atoms with Crippen LogP contribution in [-0.2, 0) is 4.79 Å². The van der Waals surface area contributed by atoms with Gasteiger partial charge in [-0.2, -0.15) is 0 Å². The Labute approximate surface area is 142 Å². The summed E-state index contributed by atoms with van der Waals surface area (Å²) < 4.78 is 14.0. The number of benzene rings is 1. The van der Waals surface area contributed by atoms with E-state index in [2.05, 4.69) is 6.58 Å². The first kappa shape index (κ1) is 16.8. The fourth-order valence-electron chi connectivity index (χ4n) is 4.33. The number of allylic oxidation sites excluding steroid dienone is 3. The quantitative estimate of drug-likeness (QED) is 0.658. The van der Waals surface area contributed by atoms with Crippen molar-refractivity contribution in [3.8, 4) is 0 Å². The van der Waals surface area contributed by atoms with Gasteiger partial charge in [0.15, 0.2) is 5.78 Å². The maximum atomic E-state index is 14.0. The van der Waals surface area contributed by atoms with E-state index in [4.69, 9.17) is 0 Å². The Kier molecular flexibility index (Phi) is 4.55. The number of carbonyl (C=O) groups excluding carboxylic acids is 1. The molecule has 0 amide bonds. The fourth-order valence-corrected chi connectivity index (χ4v) is 4.33. The van der Waals surface area contributed by atoms with Crippen LogP contribution in [-0.4, -0.2) is 17.0 Å². The number of fused-ring (bicyclic) bond motifs is 1. The Balaban J connectivity index is 2.13. The summed E-state index contributed by atoms with van der Waals surface area (Å²) in [5.74, 6) is -0.603. The standard InChI is InChI=1S/C21H23FO2/c1-3-11-21-14(2)17(12-15-7-4-5-9-18(15)22)19(23)13-16(21)8-6-10-20(21)24/h3-5,7,9,12-14,20,24H,1,6,8,10-11H2,2H3/b17-12+/t14-,20-,21-/m0/s1. The van der Waals surface area contributed by atoms with Crippen LogP contribution >= 0.6 is 0 Å². The number of rotatable bonds is 3. The molecule has 2 nitrogen and oxygen atoms in total. The van der Waals surface area contributed by atoms with Crippen molar-refractivity contribution in [3.63, 3.8) is 0 Å². The van der Waals surface area contributed by atoms with Gasteiger partial charge >= 0.3 is 0 Å². The molecule has 2 aliphatic carbocycles. The molecule has 0 aliphatic heterocycles. The maximum Gasteiger partial charge on any atom is 0.182 e. The summed E-state index contributed by atoms with van der Waals surface area (Å²) in [7, 11) is 0. The minimum absolute atomic E-state index is 0.0745. The van der Waals surface area contributed by atoms with Crippen molar-refractivity contribution in [2.75, 3.05) is 0 Å². The van der Waals surface area contributed by atoms with Crippen LogP contribution in [0.3, 0.4) is 0 Å². The molecule has 0 aromatic heterocycles. The number of halogens is 1. The molecule has 1 aromatic rings. The molecular formula is C21H23FO2. The molecule has 0 heterocycles. The van der Waals surface area contributed by atoms with E-state index in [1.165, 1.54) is 6.07 Å². The Morgan fingerprint density at radius 2 is 2.17 bits per heavy atom. The van der Waals surface area contributed by atoms with Crippen LogP contribution in [0.4, 0.5) is 4.39 Å². The minimum atomic E-state index is -0.511. The smallest absolute Gasteiger partial charge is 0.182 e. The Morgan fingerprint density at radius 3 is 2.88 bits per heavy atom. The highest BCUT2D eigenvalue weighted by Gasteiger charge is 2.51.